The third kappa shape index (κ3) is 4.07. The number of thiazole rings is 1. The Balaban J connectivity index is 1.56. The molecule has 0 spiro atoms. The first-order valence-corrected chi connectivity index (χ1v) is 9.25. The number of methoxy groups -OCH3 is 1. The molecule has 0 atom stereocenters. The van der Waals surface area contributed by atoms with E-state index in [2.05, 4.69) is 10.3 Å². The lowest BCUT2D eigenvalue weighted by Gasteiger charge is -2.24. The van der Waals surface area contributed by atoms with Crippen molar-refractivity contribution < 1.29 is 14.3 Å². The van der Waals surface area contributed by atoms with Gasteiger partial charge in [-0.15, -0.1) is 11.8 Å². The minimum atomic E-state index is -0.334. The summed E-state index contributed by atoms with van der Waals surface area (Å²) >= 11 is 2.90. The van der Waals surface area contributed by atoms with Gasteiger partial charge in [0.1, 0.15) is 0 Å². The van der Waals surface area contributed by atoms with Gasteiger partial charge in [-0.2, -0.15) is 0 Å². The lowest BCUT2D eigenvalue weighted by Crippen LogP contribution is -2.35. The lowest BCUT2D eigenvalue weighted by molar-refractivity contribution is -0.113. The molecule has 2 heterocycles. The van der Waals surface area contributed by atoms with Crippen LogP contribution in [0.15, 0.2) is 35.2 Å². The summed E-state index contributed by atoms with van der Waals surface area (Å²) in [6, 6.07) is 9.79. The summed E-state index contributed by atoms with van der Waals surface area (Å²) in [6.45, 7) is 1.06. The van der Waals surface area contributed by atoms with E-state index in [1.807, 2.05) is 30.3 Å². The number of anilines is 1. The molecule has 126 valence electrons. The normalized spacial score (nSPS) is 13.3. The van der Waals surface area contributed by atoms with Crippen molar-refractivity contribution in [2.24, 2.45) is 0 Å². The van der Waals surface area contributed by atoms with E-state index in [0.717, 1.165) is 15.5 Å². The molecule has 24 heavy (non-hydrogen) atoms. The summed E-state index contributed by atoms with van der Waals surface area (Å²) in [5.74, 6) is 0.252. The Morgan fingerprint density at radius 2 is 2.17 bits per heavy atom. The van der Waals surface area contributed by atoms with E-state index in [-0.39, 0.29) is 12.0 Å². The van der Waals surface area contributed by atoms with Gasteiger partial charge >= 0.3 is 6.09 Å². The third-order valence-electron chi connectivity index (χ3n) is 3.52. The zero-order valence-electron chi connectivity index (χ0n) is 13.2. The SMILES string of the molecule is COC(=O)N1CCc2nc(NC(=O)CSc3ccccc3)sc2C1. The highest BCUT2D eigenvalue weighted by molar-refractivity contribution is 8.00. The van der Waals surface area contributed by atoms with Crippen molar-refractivity contribution in [1.29, 1.82) is 0 Å². The first-order valence-electron chi connectivity index (χ1n) is 7.45. The summed E-state index contributed by atoms with van der Waals surface area (Å²) < 4.78 is 4.75. The zero-order chi connectivity index (χ0) is 16.9. The van der Waals surface area contributed by atoms with Crippen molar-refractivity contribution in [2.75, 3.05) is 24.7 Å². The zero-order valence-corrected chi connectivity index (χ0v) is 14.8. The van der Waals surface area contributed by atoms with Gasteiger partial charge in [0.15, 0.2) is 5.13 Å². The number of nitrogens with one attached hydrogen (secondary N) is 1. The Morgan fingerprint density at radius 3 is 2.92 bits per heavy atom. The maximum absolute atomic E-state index is 12.1. The van der Waals surface area contributed by atoms with E-state index in [0.29, 0.717) is 30.4 Å². The number of carbonyl (C=O) groups is 2. The summed E-state index contributed by atoms with van der Waals surface area (Å²) in [4.78, 5) is 31.8. The van der Waals surface area contributed by atoms with Gasteiger partial charge in [-0.1, -0.05) is 29.5 Å². The topological polar surface area (TPSA) is 71.5 Å². The molecule has 0 saturated carbocycles. The molecule has 3 rings (SSSR count). The predicted molar refractivity (Wildman–Crippen MR) is 94.4 cm³/mol. The number of aromatic nitrogens is 1. The number of amides is 2. The number of ether oxygens (including phenoxy) is 1. The van der Waals surface area contributed by atoms with Crippen molar-refractivity contribution in [3.05, 3.63) is 40.9 Å². The van der Waals surface area contributed by atoms with Gasteiger partial charge in [-0.3, -0.25) is 4.79 Å². The molecule has 2 amide bonds. The van der Waals surface area contributed by atoms with Gasteiger partial charge in [0, 0.05) is 22.7 Å². The van der Waals surface area contributed by atoms with Crippen molar-refractivity contribution in [1.82, 2.24) is 9.88 Å². The molecule has 1 aliphatic rings. The van der Waals surface area contributed by atoms with E-state index < -0.39 is 0 Å². The molecule has 0 radical (unpaired) electrons. The van der Waals surface area contributed by atoms with Crippen LogP contribution in [0.2, 0.25) is 0 Å². The molecular weight excluding hydrogens is 346 g/mol. The van der Waals surface area contributed by atoms with Crippen LogP contribution in [0, 0.1) is 0 Å². The number of carbonyl (C=O) groups excluding carboxylic acids is 2. The molecule has 0 saturated heterocycles. The number of fused-ring (bicyclic) bond motifs is 1. The second-order valence-electron chi connectivity index (χ2n) is 5.18. The Bertz CT molecular complexity index is 733. The Hall–Kier alpha value is -2.06. The number of nitrogens with zero attached hydrogens (tertiary/aromatic N) is 2. The van der Waals surface area contributed by atoms with Crippen LogP contribution < -0.4 is 5.32 Å². The van der Waals surface area contributed by atoms with Crippen LogP contribution >= 0.6 is 23.1 Å². The van der Waals surface area contributed by atoms with Crippen molar-refractivity contribution in [3.8, 4) is 0 Å². The van der Waals surface area contributed by atoms with E-state index in [4.69, 9.17) is 4.74 Å². The lowest BCUT2D eigenvalue weighted by atomic mass is 10.2. The largest absolute Gasteiger partial charge is 0.453 e. The van der Waals surface area contributed by atoms with Crippen LogP contribution in [0.1, 0.15) is 10.6 Å². The van der Waals surface area contributed by atoms with E-state index in [1.54, 1.807) is 4.90 Å². The number of thioether (sulfide) groups is 1. The molecule has 0 aliphatic carbocycles. The van der Waals surface area contributed by atoms with E-state index >= 15 is 0 Å². The van der Waals surface area contributed by atoms with Crippen LogP contribution in [0.4, 0.5) is 9.93 Å². The molecule has 2 aromatic rings. The van der Waals surface area contributed by atoms with Gasteiger partial charge in [-0.05, 0) is 12.1 Å². The molecule has 1 aliphatic heterocycles. The highest BCUT2D eigenvalue weighted by Crippen LogP contribution is 2.28. The van der Waals surface area contributed by atoms with E-state index in [1.165, 1.54) is 30.2 Å². The number of hydrogen-bond acceptors (Lipinski definition) is 6. The molecule has 1 aromatic heterocycles. The molecule has 1 N–H and O–H groups in total. The maximum Gasteiger partial charge on any atom is 0.409 e. The monoisotopic (exact) mass is 363 g/mol. The first-order chi connectivity index (χ1) is 11.7. The van der Waals surface area contributed by atoms with Crippen molar-refractivity contribution >= 4 is 40.2 Å². The first kappa shape index (κ1) is 16.8. The fourth-order valence-corrected chi connectivity index (χ4v) is 4.11. The predicted octanol–water partition coefficient (Wildman–Crippen LogP) is 3.00. The molecule has 0 fully saturated rings. The Kier molecular flexibility index (Phi) is 5.37. The van der Waals surface area contributed by atoms with Gasteiger partial charge < -0.3 is 15.0 Å². The molecule has 8 heteroatoms. The number of rotatable bonds is 4. The standard InChI is InChI=1S/C16H17N3O3S2/c1-22-16(21)19-8-7-12-13(9-19)24-15(17-12)18-14(20)10-23-11-5-3-2-4-6-11/h2-6H,7-10H2,1H3,(H,17,18,20). The van der Waals surface area contributed by atoms with Crippen molar-refractivity contribution in [2.45, 2.75) is 17.9 Å². The average Bonchev–Trinajstić information content (AvgIpc) is 3.01. The average molecular weight is 363 g/mol. The molecule has 0 unspecified atom stereocenters. The fourth-order valence-electron chi connectivity index (χ4n) is 2.35. The molecule has 1 aromatic carbocycles. The van der Waals surface area contributed by atoms with Gasteiger partial charge in [0.25, 0.3) is 0 Å². The second kappa shape index (κ2) is 7.67. The van der Waals surface area contributed by atoms with E-state index in [9.17, 15) is 9.59 Å². The van der Waals surface area contributed by atoms with Crippen molar-refractivity contribution in [3.63, 3.8) is 0 Å². The minimum Gasteiger partial charge on any atom is -0.453 e. The van der Waals surface area contributed by atoms with Gasteiger partial charge in [0.2, 0.25) is 5.91 Å². The maximum atomic E-state index is 12.1. The van der Waals surface area contributed by atoms with Gasteiger partial charge in [-0.25, -0.2) is 9.78 Å². The molecule has 0 bridgehead atoms. The highest BCUT2D eigenvalue weighted by Gasteiger charge is 2.24. The second-order valence-corrected chi connectivity index (χ2v) is 7.31. The van der Waals surface area contributed by atoms with Gasteiger partial charge in [0.05, 0.1) is 25.1 Å². The number of benzene rings is 1. The smallest absolute Gasteiger partial charge is 0.409 e. The molecule has 6 nitrogen and oxygen atoms in total. The quantitative estimate of drug-likeness (QED) is 0.846. The summed E-state index contributed by atoms with van der Waals surface area (Å²) in [6.07, 6.45) is 0.342. The fraction of sp³-hybridized carbons (Fsp3) is 0.312. The minimum absolute atomic E-state index is 0.0835. The van der Waals surface area contributed by atoms with Crippen LogP contribution in [0.3, 0.4) is 0 Å². The molecular formula is C16H17N3O3S2. The summed E-state index contributed by atoms with van der Waals surface area (Å²) in [5.41, 5.74) is 0.950. The Labute approximate surface area is 148 Å². The number of hydrogen-bond donors (Lipinski definition) is 1. The summed E-state index contributed by atoms with van der Waals surface area (Å²) in [7, 11) is 1.38. The third-order valence-corrected chi connectivity index (χ3v) is 5.53. The van der Waals surface area contributed by atoms with Crippen LogP contribution in [-0.4, -0.2) is 41.3 Å². The highest BCUT2D eigenvalue weighted by atomic mass is 32.2. The van der Waals surface area contributed by atoms with Crippen LogP contribution in [0.5, 0.6) is 0 Å². The van der Waals surface area contributed by atoms with Crippen LogP contribution in [-0.2, 0) is 22.5 Å². The summed E-state index contributed by atoms with van der Waals surface area (Å²) in [5, 5.41) is 3.43. The van der Waals surface area contributed by atoms with Crippen LogP contribution in [0.25, 0.3) is 0 Å². The Morgan fingerprint density at radius 1 is 1.38 bits per heavy atom.